The predicted octanol–water partition coefficient (Wildman–Crippen LogP) is 2.69. The Morgan fingerprint density at radius 3 is 2.88 bits per heavy atom. The molecule has 4 heteroatoms. The van der Waals surface area contributed by atoms with Crippen molar-refractivity contribution in [2.75, 3.05) is 6.61 Å². The summed E-state index contributed by atoms with van der Waals surface area (Å²) in [6.07, 6.45) is 1.40. The van der Waals surface area contributed by atoms with Gasteiger partial charge in [-0.3, -0.25) is 4.79 Å². The lowest BCUT2D eigenvalue weighted by Gasteiger charge is -2.10. The highest BCUT2D eigenvalue weighted by Gasteiger charge is 2.22. The third kappa shape index (κ3) is 1.52. The summed E-state index contributed by atoms with van der Waals surface area (Å²) in [6, 6.07) is 3.46. The molecule has 84 valence electrons. The van der Waals surface area contributed by atoms with E-state index in [0.717, 1.165) is 5.56 Å². The van der Waals surface area contributed by atoms with Crippen LogP contribution in [0.15, 0.2) is 22.8 Å². The van der Waals surface area contributed by atoms with Crippen molar-refractivity contribution >= 4 is 5.78 Å². The Hall–Kier alpha value is -1.97. The molecule has 0 unspecified atom stereocenters. The van der Waals surface area contributed by atoms with Crippen molar-refractivity contribution in [3.8, 4) is 22.8 Å². The molecule has 2 rings (SSSR count). The second-order valence-electron chi connectivity index (χ2n) is 3.44. The first-order valence-electron chi connectivity index (χ1n) is 5.02. The molecule has 4 nitrogen and oxygen atoms in total. The fourth-order valence-electron chi connectivity index (χ4n) is 1.70. The van der Waals surface area contributed by atoms with E-state index in [1.165, 1.54) is 13.2 Å². The SMILES string of the molecule is CCOc1c(O)occ2ccc(C(C)=O)c1-2. The summed E-state index contributed by atoms with van der Waals surface area (Å²) >= 11 is 0. The van der Waals surface area contributed by atoms with E-state index in [9.17, 15) is 9.90 Å². The molecule has 16 heavy (non-hydrogen) atoms. The predicted molar refractivity (Wildman–Crippen MR) is 58.2 cm³/mol. The quantitative estimate of drug-likeness (QED) is 0.808. The smallest absolute Gasteiger partial charge is 0.326 e. The van der Waals surface area contributed by atoms with E-state index in [0.29, 0.717) is 17.7 Å². The zero-order chi connectivity index (χ0) is 11.7. The van der Waals surface area contributed by atoms with Gasteiger partial charge >= 0.3 is 5.95 Å². The van der Waals surface area contributed by atoms with Crippen LogP contribution < -0.4 is 4.74 Å². The van der Waals surface area contributed by atoms with E-state index in [1.54, 1.807) is 19.1 Å². The molecule has 0 radical (unpaired) electrons. The minimum Gasteiger partial charge on any atom is -0.486 e. The van der Waals surface area contributed by atoms with Gasteiger partial charge in [0, 0.05) is 16.7 Å². The van der Waals surface area contributed by atoms with Gasteiger partial charge in [-0.2, -0.15) is 0 Å². The molecule has 1 aliphatic carbocycles. The minimum absolute atomic E-state index is 0.0680. The number of ether oxygens (including phenoxy) is 1. The number of rotatable bonds is 3. The summed E-state index contributed by atoms with van der Waals surface area (Å²) in [5.41, 5.74) is 1.88. The fourth-order valence-corrected chi connectivity index (χ4v) is 1.70. The van der Waals surface area contributed by atoms with E-state index in [4.69, 9.17) is 9.15 Å². The van der Waals surface area contributed by atoms with Crippen LogP contribution in [0.25, 0.3) is 11.1 Å². The number of carbonyl (C=O) groups excluding carboxylic acids is 1. The first kappa shape index (κ1) is 10.5. The summed E-state index contributed by atoms with van der Waals surface area (Å²) in [4.78, 5) is 11.4. The summed E-state index contributed by atoms with van der Waals surface area (Å²) in [6.45, 7) is 3.67. The van der Waals surface area contributed by atoms with Crippen molar-refractivity contribution in [1.82, 2.24) is 0 Å². The van der Waals surface area contributed by atoms with Crippen LogP contribution in [-0.2, 0) is 0 Å². The van der Waals surface area contributed by atoms with Crippen molar-refractivity contribution < 1.29 is 19.1 Å². The monoisotopic (exact) mass is 220 g/mol. The summed E-state index contributed by atoms with van der Waals surface area (Å²) in [7, 11) is 0. The number of Topliss-reactive ketones (excluding diaryl/α,β-unsaturated/α-hetero) is 1. The van der Waals surface area contributed by atoms with Gasteiger partial charge in [0.25, 0.3) is 0 Å². The highest BCUT2D eigenvalue weighted by atomic mass is 16.5. The molecule has 1 heterocycles. The minimum atomic E-state index is -0.303. The van der Waals surface area contributed by atoms with Crippen LogP contribution >= 0.6 is 0 Å². The number of hydrogen-bond acceptors (Lipinski definition) is 4. The Bertz CT molecular complexity index is 498. The fraction of sp³-hybridized carbons (Fsp3) is 0.250. The van der Waals surface area contributed by atoms with Crippen LogP contribution in [0.2, 0.25) is 0 Å². The van der Waals surface area contributed by atoms with Crippen molar-refractivity contribution in [3.05, 3.63) is 24.0 Å². The van der Waals surface area contributed by atoms with Gasteiger partial charge in [-0.1, -0.05) is 6.07 Å². The van der Waals surface area contributed by atoms with Crippen molar-refractivity contribution in [1.29, 1.82) is 0 Å². The first-order chi connectivity index (χ1) is 7.65. The Labute approximate surface area is 92.8 Å². The van der Waals surface area contributed by atoms with Crippen LogP contribution in [-0.4, -0.2) is 17.5 Å². The second kappa shape index (κ2) is 3.89. The van der Waals surface area contributed by atoms with Gasteiger partial charge < -0.3 is 14.3 Å². The van der Waals surface area contributed by atoms with Crippen LogP contribution in [0.1, 0.15) is 24.2 Å². The van der Waals surface area contributed by atoms with Crippen molar-refractivity contribution in [2.45, 2.75) is 13.8 Å². The van der Waals surface area contributed by atoms with Crippen LogP contribution in [0, 0.1) is 0 Å². The molecule has 0 aromatic rings. The topological polar surface area (TPSA) is 59.7 Å². The molecule has 0 spiro atoms. The van der Waals surface area contributed by atoms with Gasteiger partial charge in [-0.15, -0.1) is 0 Å². The zero-order valence-electron chi connectivity index (χ0n) is 9.11. The summed E-state index contributed by atoms with van der Waals surface area (Å²) < 4.78 is 10.2. The average molecular weight is 220 g/mol. The molecule has 0 saturated carbocycles. The van der Waals surface area contributed by atoms with Gasteiger partial charge in [0.2, 0.25) is 5.75 Å². The molecule has 0 aromatic heterocycles. The van der Waals surface area contributed by atoms with E-state index in [2.05, 4.69) is 0 Å². The standard InChI is InChI=1S/C12H12O4/c1-3-15-11-10-8(6-16-12(11)14)4-5-9(10)7(2)13/h4-6,14H,3H2,1-2H3. The van der Waals surface area contributed by atoms with Crippen LogP contribution in [0.3, 0.4) is 0 Å². The maximum absolute atomic E-state index is 11.4. The van der Waals surface area contributed by atoms with E-state index in [1.807, 2.05) is 0 Å². The molecular formula is C12H12O4. The lowest BCUT2D eigenvalue weighted by Crippen LogP contribution is -1.98. The van der Waals surface area contributed by atoms with E-state index < -0.39 is 0 Å². The normalized spacial score (nSPS) is 10.6. The van der Waals surface area contributed by atoms with Gasteiger partial charge in [0.15, 0.2) is 5.78 Å². The maximum atomic E-state index is 11.4. The highest BCUT2D eigenvalue weighted by Crippen LogP contribution is 2.42. The highest BCUT2D eigenvalue weighted by molar-refractivity contribution is 6.03. The Kier molecular flexibility index (Phi) is 2.56. The van der Waals surface area contributed by atoms with Gasteiger partial charge in [0.1, 0.15) is 6.26 Å². The molecule has 0 fully saturated rings. The number of hydrogen-bond donors (Lipinski definition) is 1. The Balaban J connectivity index is 2.69. The molecule has 0 saturated heterocycles. The lowest BCUT2D eigenvalue weighted by molar-refractivity contribution is 0.101. The molecule has 0 aromatic carbocycles. The third-order valence-electron chi connectivity index (χ3n) is 2.37. The molecule has 2 aliphatic rings. The van der Waals surface area contributed by atoms with Crippen LogP contribution in [0.5, 0.6) is 11.7 Å². The first-order valence-corrected chi connectivity index (χ1v) is 5.02. The largest absolute Gasteiger partial charge is 0.486 e. The Morgan fingerprint density at radius 2 is 2.25 bits per heavy atom. The van der Waals surface area contributed by atoms with Gasteiger partial charge in [-0.05, 0) is 19.9 Å². The summed E-state index contributed by atoms with van der Waals surface area (Å²) in [5.74, 6) is -0.139. The molecule has 0 bridgehead atoms. The van der Waals surface area contributed by atoms with Crippen LogP contribution in [0.4, 0.5) is 0 Å². The average Bonchev–Trinajstić information content (AvgIpc) is 2.66. The molecule has 0 atom stereocenters. The Morgan fingerprint density at radius 1 is 1.50 bits per heavy atom. The number of fused-ring (bicyclic) bond motifs is 1. The summed E-state index contributed by atoms with van der Waals surface area (Å²) in [5, 5.41) is 9.56. The van der Waals surface area contributed by atoms with Crippen molar-refractivity contribution in [2.24, 2.45) is 0 Å². The lowest BCUT2D eigenvalue weighted by atomic mass is 10.1. The maximum Gasteiger partial charge on any atom is 0.326 e. The molecular weight excluding hydrogens is 208 g/mol. The van der Waals surface area contributed by atoms with Gasteiger partial charge in [0.05, 0.1) is 6.61 Å². The molecule has 1 aliphatic heterocycles. The van der Waals surface area contributed by atoms with Crippen molar-refractivity contribution in [3.63, 3.8) is 0 Å². The van der Waals surface area contributed by atoms with E-state index in [-0.39, 0.29) is 17.5 Å². The van der Waals surface area contributed by atoms with E-state index >= 15 is 0 Å². The zero-order valence-corrected chi connectivity index (χ0v) is 9.11. The molecule has 0 amide bonds. The molecule has 1 N–H and O–H groups in total. The third-order valence-corrected chi connectivity index (χ3v) is 2.37. The second-order valence-corrected chi connectivity index (χ2v) is 3.44. The number of carbonyl (C=O) groups is 1. The van der Waals surface area contributed by atoms with Gasteiger partial charge in [-0.25, -0.2) is 0 Å². The number of ketones is 1. The number of aromatic hydroxyl groups is 1.